The van der Waals surface area contributed by atoms with Crippen LogP contribution in [0.5, 0.6) is 0 Å². The average molecular weight is 327 g/mol. The second-order valence-corrected chi connectivity index (χ2v) is 6.35. The molecule has 118 valence electrons. The number of furan rings is 1. The molecule has 2 heterocycles. The molecular weight excluding hydrogens is 310 g/mol. The number of Topliss-reactive ketones (excluding diaryl/α,β-unsaturated/α-hetero) is 1. The molecule has 3 aromatic rings. The largest absolute Gasteiger partial charge is 0.469 e. The van der Waals surface area contributed by atoms with E-state index in [9.17, 15) is 4.79 Å². The lowest BCUT2D eigenvalue weighted by Crippen LogP contribution is -2.06. The van der Waals surface area contributed by atoms with Crippen LogP contribution in [-0.2, 0) is 11.8 Å². The molecule has 6 heteroatoms. The molecule has 0 bridgehead atoms. The summed E-state index contributed by atoms with van der Waals surface area (Å²) in [5.74, 6) is 1.61. The normalized spacial score (nSPS) is 12.3. The van der Waals surface area contributed by atoms with Crippen LogP contribution < -0.4 is 0 Å². The van der Waals surface area contributed by atoms with Crippen LogP contribution in [-0.4, -0.2) is 20.5 Å². The molecule has 0 spiro atoms. The maximum atomic E-state index is 12.1. The molecule has 1 atom stereocenters. The highest BCUT2D eigenvalue weighted by Gasteiger charge is 2.22. The fourth-order valence-electron chi connectivity index (χ4n) is 2.39. The molecule has 0 saturated carbocycles. The van der Waals surface area contributed by atoms with Gasteiger partial charge < -0.3 is 8.98 Å². The Hall–Kier alpha value is -2.34. The molecule has 0 aliphatic carbocycles. The van der Waals surface area contributed by atoms with Crippen molar-refractivity contribution in [1.82, 2.24) is 14.8 Å². The van der Waals surface area contributed by atoms with Crippen molar-refractivity contribution in [2.75, 3.05) is 0 Å². The summed E-state index contributed by atoms with van der Waals surface area (Å²) in [4.78, 5) is 12.1. The molecule has 0 fully saturated rings. The molecule has 0 radical (unpaired) electrons. The predicted octanol–water partition coefficient (Wildman–Crippen LogP) is 3.81. The first-order valence-electron chi connectivity index (χ1n) is 7.24. The first-order valence-corrected chi connectivity index (χ1v) is 8.12. The Morgan fingerprint density at radius 3 is 2.57 bits per heavy atom. The fourth-order valence-corrected chi connectivity index (χ4v) is 3.39. The van der Waals surface area contributed by atoms with E-state index in [1.165, 1.54) is 11.8 Å². The van der Waals surface area contributed by atoms with Crippen molar-refractivity contribution < 1.29 is 9.21 Å². The van der Waals surface area contributed by atoms with E-state index in [0.717, 1.165) is 22.7 Å². The van der Waals surface area contributed by atoms with Gasteiger partial charge in [-0.1, -0.05) is 42.1 Å². The van der Waals surface area contributed by atoms with E-state index in [1.54, 1.807) is 13.2 Å². The standard InChI is InChI=1S/C17H17N3O2S/c1-11(21)15(13-7-5-4-6-8-13)23-17-19-18-16(20(17)3)14-9-10-22-12(14)2/h4-10,15H,1-3H3/t15-/m0/s1. The maximum absolute atomic E-state index is 12.1. The molecule has 2 aromatic heterocycles. The highest BCUT2D eigenvalue weighted by atomic mass is 32.2. The fraction of sp³-hybridized carbons (Fsp3) is 0.235. The van der Waals surface area contributed by atoms with Crippen LogP contribution in [0.25, 0.3) is 11.4 Å². The zero-order valence-corrected chi connectivity index (χ0v) is 14.0. The Labute approximate surface area is 138 Å². The SMILES string of the molecule is CC(=O)[C@H](Sc1nnc(-c2ccoc2C)n1C)c1ccccc1. The summed E-state index contributed by atoms with van der Waals surface area (Å²) in [7, 11) is 1.90. The van der Waals surface area contributed by atoms with Gasteiger partial charge in [0, 0.05) is 7.05 Å². The van der Waals surface area contributed by atoms with Gasteiger partial charge >= 0.3 is 0 Å². The number of nitrogens with zero attached hydrogens (tertiary/aromatic N) is 3. The highest BCUT2D eigenvalue weighted by Crippen LogP contribution is 2.36. The summed E-state index contributed by atoms with van der Waals surface area (Å²) in [6, 6.07) is 11.6. The number of benzene rings is 1. The van der Waals surface area contributed by atoms with E-state index in [0.29, 0.717) is 5.16 Å². The first-order chi connectivity index (χ1) is 11.1. The second-order valence-electron chi connectivity index (χ2n) is 5.27. The summed E-state index contributed by atoms with van der Waals surface area (Å²) in [6.45, 7) is 3.49. The van der Waals surface area contributed by atoms with Crippen molar-refractivity contribution >= 4 is 17.5 Å². The summed E-state index contributed by atoms with van der Waals surface area (Å²) in [6.07, 6.45) is 1.63. The zero-order valence-electron chi connectivity index (χ0n) is 13.2. The van der Waals surface area contributed by atoms with Gasteiger partial charge in [-0.05, 0) is 25.5 Å². The minimum Gasteiger partial charge on any atom is -0.469 e. The number of aromatic nitrogens is 3. The minimum atomic E-state index is -0.294. The lowest BCUT2D eigenvalue weighted by Gasteiger charge is -2.13. The number of hydrogen-bond acceptors (Lipinski definition) is 5. The number of carbonyl (C=O) groups is 1. The summed E-state index contributed by atoms with van der Waals surface area (Å²) in [5.41, 5.74) is 1.87. The molecule has 23 heavy (non-hydrogen) atoms. The van der Waals surface area contributed by atoms with E-state index >= 15 is 0 Å². The van der Waals surface area contributed by atoms with Gasteiger partial charge in [-0.3, -0.25) is 4.79 Å². The zero-order chi connectivity index (χ0) is 16.4. The number of rotatable bonds is 5. The second kappa shape index (κ2) is 6.42. The maximum Gasteiger partial charge on any atom is 0.192 e. The van der Waals surface area contributed by atoms with E-state index in [4.69, 9.17) is 4.42 Å². The van der Waals surface area contributed by atoms with Gasteiger partial charge in [-0.25, -0.2) is 0 Å². The topological polar surface area (TPSA) is 60.9 Å². The van der Waals surface area contributed by atoms with Crippen LogP contribution in [0.3, 0.4) is 0 Å². The number of carbonyl (C=O) groups excluding carboxylic acids is 1. The molecule has 0 N–H and O–H groups in total. The Morgan fingerprint density at radius 2 is 1.96 bits per heavy atom. The molecule has 0 unspecified atom stereocenters. The van der Waals surface area contributed by atoms with Gasteiger partial charge in [-0.2, -0.15) is 0 Å². The third-order valence-corrected chi connectivity index (χ3v) is 5.04. The number of aryl methyl sites for hydroxylation is 1. The van der Waals surface area contributed by atoms with Gasteiger partial charge in [0.25, 0.3) is 0 Å². The van der Waals surface area contributed by atoms with Gasteiger partial charge in [0.2, 0.25) is 0 Å². The smallest absolute Gasteiger partial charge is 0.192 e. The van der Waals surface area contributed by atoms with Crippen molar-refractivity contribution in [2.24, 2.45) is 7.05 Å². The van der Waals surface area contributed by atoms with Crippen molar-refractivity contribution in [2.45, 2.75) is 24.3 Å². The Bertz CT molecular complexity index is 823. The van der Waals surface area contributed by atoms with Crippen LogP contribution >= 0.6 is 11.8 Å². The monoisotopic (exact) mass is 327 g/mol. The third-order valence-electron chi connectivity index (χ3n) is 3.63. The van der Waals surface area contributed by atoms with Gasteiger partial charge in [0.1, 0.15) is 11.5 Å². The van der Waals surface area contributed by atoms with Crippen molar-refractivity contribution in [1.29, 1.82) is 0 Å². The van der Waals surface area contributed by atoms with Gasteiger partial charge in [0.05, 0.1) is 17.1 Å². The molecular formula is C17H17N3O2S. The number of hydrogen-bond donors (Lipinski definition) is 0. The Kier molecular flexibility index (Phi) is 4.34. The van der Waals surface area contributed by atoms with Crippen LogP contribution in [0.1, 0.15) is 23.5 Å². The average Bonchev–Trinajstić information content (AvgIpc) is 3.11. The summed E-state index contributed by atoms with van der Waals surface area (Å²) < 4.78 is 7.22. The van der Waals surface area contributed by atoms with E-state index < -0.39 is 0 Å². The Balaban J connectivity index is 1.92. The van der Waals surface area contributed by atoms with Crippen molar-refractivity contribution in [3.05, 3.63) is 54.0 Å². The Morgan fingerprint density at radius 1 is 1.22 bits per heavy atom. The van der Waals surface area contributed by atoms with Gasteiger partial charge in [0.15, 0.2) is 11.0 Å². The number of ketones is 1. The summed E-state index contributed by atoms with van der Waals surface area (Å²) in [5, 5.41) is 8.89. The minimum absolute atomic E-state index is 0.0882. The predicted molar refractivity (Wildman–Crippen MR) is 89.2 cm³/mol. The highest BCUT2D eigenvalue weighted by molar-refractivity contribution is 8.00. The number of thioether (sulfide) groups is 1. The van der Waals surface area contributed by atoms with Crippen molar-refractivity contribution in [3.8, 4) is 11.4 Å². The van der Waals surface area contributed by atoms with Gasteiger partial charge in [-0.15, -0.1) is 10.2 Å². The molecule has 0 aliphatic rings. The molecule has 0 amide bonds. The quantitative estimate of drug-likeness (QED) is 0.667. The van der Waals surface area contributed by atoms with E-state index in [2.05, 4.69) is 10.2 Å². The molecule has 0 saturated heterocycles. The lowest BCUT2D eigenvalue weighted by molar-refractivity contribution is -0.116. The third kappa shape index (κ3) is 3.07. The first kappa shape index (κ1) is 15.6. The molecule has 1 aromatic carbocycles. The van der Waals surface area contributed by atoms with Crippen LogP contribution in [0.2, 0.25) is 0 Å². The lowest BCUT2D eigenvalue weighted by atomic mass is 10.1. The van der Waals surface area contributed by atoms with Crippen molar-refractivity contribution in [3.63, 3.8) is 0 Å². The van der Waals surface area contributed by atoms with E-state index in [1.807, 2.05) is 54.9 Å². The molecule has 0 aliphatic heterocycles. The summed E-state index contributed by atoms with van der Waals surface area (Å²) >= 11 is 1.41. The van der Waals surface area contributed by atoms with Crippen LogP contribution in [0, 0.1) is 6.92 Å². The van der Waals surface area contributed by atoms with Crippen LogP contribution in [0.4, 0.5) is 0 Å². The molecule has 5 nitrogen and oxygen atoms in total. The molecule has 3 rings (SSSR count). The van der Waals surface area contributed by atoms with E-state index in [-0.39, 0.29) is 11.0 Å². The van der Waals surface area contributed by atoms with Crippen LogP contribution in [0.15, 0.2) is 52.2 Å².